The number of urea groups is 1. The number of hydrogen-bond acceptors (Lipinski definition) is 5. The second kappa shape index (κ2) is 8.56. The second-order valence-corrected chi connectivity index (χ2v) is 9.68. The molecule has 0 aliphatic rings. The van der Waals surface area contributed by atoms with E-state index in [1.54, 1.807) is 49.4 Å². The zero-order valence-electron chi connectivity index (χ0n) is 15.9. The van der Waals surface area contributed by atoms with Crippen molar-refractivity contribution in [1.82, 2.24) is 4.72 Å². The predicted molar refractivity (Wildman–Crippen MR) is 114 cm³/mol. The van der Waals surface area contributed by atoms with Crippen molar-refractivity contribution in [1.29, 1.82) is 0 Å². The number of benzene rings is 3. The first-order chi connectivity index (χ1) is 14.2. The van der Waals surface area contributed by atoms with Gasteiger partial charge < -0.3 is 5.32 Å². The predicted octanol–water partition coefficient (Wildman–Crippen LogP) is 3.31. The lowest BCUT2D eigenvalue weighted by molar-refractivity contribution is 0.256. The lowest BCUT2D eigenvalue weighted by Gasteiger charge is -2.14. The molecule has 0 radical (unpaired) electrons. The molecule has 3 aromatic rings. The van der Waals surface area contributed by atoms with Gasteiger partial charge in [0.25, 0.3) is 20.0 Å². The Morgan fingerprint density at radius 1 is 0.767 bits per heavy atom. The molecule has 0 aliphatic carbocycles. The third kappa shape index (κ3) is 5.16. The van der Waals surface area contributed by atoms with Crippen molar-refractivity contribution < 1.29 is 21.6 Å². The summed E-state index contributed by atoms with van der Waals surface area (Å²) in [6.45, 7) is 1.72. The average Bonchev–Trinajstić information content (AvgIpc) is 2.68. The highest BCUT2D eigenvalue weighted by Crippen LogP contribution is 2.23. The minimum atomic E-state index is -4.13. The van der Waals surface area contributed by atoms with Crippen LogP contribution in [0.5, 0.6) is 0 Å². The number of aryl methyl sites for hydroxylation is 1. The summed E-state index contributed by atoms with van der Waals surface area (Å²) in [6.07, 6.45) is 0. The Balaban J connectivity index is 1.82. The van der Waals surface area contributed by atoms with Crippen LogP contribution in [-0.2, 0) is 20.0 Å². The van der Waals surface area contributed by atoms with E-state index < -0.39 is 26.1 Å². The summed E-state index contributed by atoms with van der Waals surface area (Å²) in [6, 6.07) is 18.9. The molecule has 0 heterocycles. The van der Waals surface area contributed by atoms with Gasteiger partial charge in [-0.2, -0.15) is 0 Å². The van der Waals surface area contributed by atoms with Gasteiger partial charge in [0.2, 0.25) is 0 Å². The number of anilines is 2. The summed E-state index contributed by atoms with van der Waals surface area (Å²) >= 11 is 0. The Morgan fingerprint density at radius 3 is 2.13 bits per heavy atom. The van der Waals surface area contributed by atoms with Crippen molar-refractivity contribution in [3.05, 3.63) is 84.4 Å². The molecule has 0 bridgehead atoms. The maximum atomic E-state index is 12.7. The first-order valence-electron chi connectivity index (χ1n) is 8.75. The third-order valence-electron chi connectivity index (χ3n) is 3.98. The van der Waals surface area contributed by atoms with Crippen LogP contribution in [0, 0.1) is 6.92 Å². The van der Waals surface area contributed by atoms with Gasteiger partial charge in [-0.3, -0.25) is 4.72 Å². The molecule has 0 saturated carbocycles. The molecular formula is C20H19N3O5S2. The van der Waals surface area contributed by atoms with Crippen molar-refractivity contribution in [2.45, 2.75) is 16.7 Å². The number of para-hydroxylation sites is 2. The molecule has 3 aromatic carbocycles. The van der Waals surface area contributed by atoms with Crippen LogP contribution in [0.25, 0.3) is 0 Å². The van der Waals surface area contributed by atoms with Crippen molar-refractivity contribution >= 4 is 37.5 Å². The number of nitrogens with one attached hydrogen (secondary N) is 3. The van der Waals surface area contributed by atoms with Crippen molar-refractivity contribution in [3.63, 3.8) is 0 Å². The Morgan fingerprint density at radius 2 is 1.43 bits per heavy atom. The van der Waals surface area contributed by atoms with Gasteiger partial charge in [0, 0.05) is 5.69 Å². The lowest BCUT2D eigenvalue weighted by atomic mass is 10.2. The smallest absolute Gasteiger partial charge is 0.306 e. The van der Waals surface area contributed by atoms with E-state index >= 15 is 0 Å². The van der Waals surface area contributed by atoms with Crippen LogP contribution in [-0.4, -0.2) is 22.9 Å². The monoisotopic (exact) mass is 445 g/mol. The standard InChI is InChI=1S/C20H19N3O5S2/c1-15-8-7-11-17(14-15)29(25,26)23-20(24)21-18-12-5-6-13-19(18)30(27,28)22-16-9-3-2-4-10-16/h2-14,22H,1H3,(H2,21,23,24). The molecule has 0 aliphatic heterocycles. The SMILES string of the molecule is Cc1cccc(S(=O)(=O)NC(=O)Nc2ccccc2S(=O)(=O)Nc2ccccc2)c1. The van der Waals surface area contributed by atoms with E-state index in [1.807, 2.05) is 4.72 Å². The van der Waals surface area contributed by atoms with Crippen molar-refractivity contribution in [2.24, 2.45) is 0 Å². The van der Waals surface area contributed by atoms with Gasteiger partial charge in [0.1, 0.15) is 4.90 Å². The van der Waals surface area contributed by atoms with Gasteiger partial charge in [-0.1, -0.05) is 42.5 Å². The number of carbonyl (C=O) groups is 1. The minimum Gasteiger partial charge on any atom is -0.306 e. The fourth-order valence-electron chi connectivity index (χ4n) is 2.63. The number of rotatable bonds is 6. The van der Waals surface area contributed by atoms with Crippen LogP contribution in [0.15, 0.2) is 88.7 Å². The molecule has 0 unspecified atom stereocenters. The first kappa shape index (κ1) is 21.3. The van der Waals surface area contributed by atoms with Gasteiger partial charge in [0.05, 0.1) is 10.6 Å². The summed E-state index contributed by atoms with van der Waals surface area (Å²) in [5.74, 6) is 0. The topological polar surface area (TPSA) is 121 Å². The van der Waals surface area contributed by atoms with Crippen LogP contribution >= 0.6 is 0 Å². The zero-order chi connectivity index (χ0) is 21.8. The van der Waals surface area contributed by atoms with Crippen molar-refractivity contribution in [3.8, 4) is 0 Å². The molecule has 0 saturated heterocycles. The van der Waals surface area contributed by atoms with Crippen LogP contribution < -0.4 is 14.8 Å². The minimum absolute atomic E-state index is 0.0714. The Kier molecular flexibility index (Phi) is 6.09. The number of sulfonamides is 2. The molecular weight excluding hydrogens is 426 g/mol. The van der Waals surface area contributed by atoms with Gasteiger partial charge in [-0.25, -0.2) is 26.4 Å². The molecule has 3 N–H and O–H groups in total. The average molecular weight is 446 g/mol. The normalized spacial score (nSPS) is 11.5. The molecule has 156 valence electrons. The summed E-state index contributed by atoms with van der Waals surface area (Å²) in [5, 5.41) is 2.29. The van der Waals surface area contributed by atoms with Gasteiger partial charge in [-0.15, -0.1) is 0 Å². The maximum Gasteiger partial charge on any atom is 0.333 e. The quantitative estimate of drug-likeness (QED) is 0.537. The molecule has 2 amide bonds. The maximum absolute atomic E-state index is 12.7. The van der Waals surface area contributed by atoms with Crippen LogP contribution in [0.1, 0.15) is 5.56 Å². The van der Waals surface area contributed by atoms with E-state index in [4.69, 9.17) is 0 Å². The molecule has 30 heavy (non-hydrogen) atoms. The first-order valence-corrected chi connectivity index (χ1v) is 11.7. The van der Waals surface area contributed by atoms with Crippen molar-refractivity contribution in [2.75, 3.05) is 10.0 Å². The summed E-state index contributed by atoms with van der Waals surface area (Å²) < 4.78 is 54.6. The molecule has 0 aromatic heterocycles. The second-order valence-electron chi connectivity index (χ2n) is 6.34. The summed E-state index contributed by atoms with van der Waals surface area (Å²) in [7, 11) is -8.16. The van der Waals surface area contributed by atoms with E-state index in [2.05, 4.69) is 10.0 Å². The summed E-state index contributed by atoms with van der Waals surface area (Å²) in [5.41, 5.74) is 0.985. The van der Waals surface area contributed by atoms with Crippen LogP contribution in [0.4, 0.5) is 16.2 Å². The number of hydrogen-bond donors (Lipinski definition) is 3. The van der Waals surface area contributed by atoms with E-state index in [0.29, 0.717) is 11.3 Å². The Hall–Kier alpha value is -3.37. The summed E-state index contributed by atoms with van der Waals surface area (Å²) in [4.78, 5) is 12.0. The van der Waals surface area contributed by atoms with Gasteiger partial charge in [-0.05, 0) is 48.9 Å². The van der Waals surface area contributed by atoms with E-state index in [0.717, 1.165) is 0 Å². The highest BCUT2D eigenvalue weighted by atomic mass is 32.2. The van der Waals surface area contributed by atoms with Crippen LogP contribution in [0.2, 0.25) is 0 Å². The van der Waals surface area contributed by atoms with E-state index in [9.17, 15) is 21.6 Å². The van der Waals surface area contributed by atoms with E-state index in [1.165, 1.54) is 36.4 Å². The third-order valence-corrected chi connectivity index (χ3v) is 6.75. The number of carbonyl (C=O) groups excluding carboxylic acids is 1. The highest BCUT2D eigenvalue weighted by molar-refractivity contribution is 7.93. The molecule has 8 nitrogen and oxygen atoms in total. The van der Waals surface area contributed by atoms with E-state index in [-0.39, 0.29) is 15.5 Å². The molecule has 0 spiro atoms. The van der Waals surface area contributed by atoms with Gasteiger partial charge >= 0.3 is 6.03 Å². The van der Waals surface area contributed by atoms with Crippen LogP contribution in [0.3, 0.4) is 0 Å². The molecule has 0 atom stereocenters. The Bertz CT molecular complexity index is 1270. The van der Waals surface area contributed by atoms with Gasteiger partial charge in [0.15, 0.2) is 0 Å². The fraction of sp³-hybridized carbons (Fsp3) is 0.0500. The zero-order valence-corrected chi connectivity index (χ0v) is 17.5. The highest BCUT2D eigenvalue weighted by Gasteiger charge is 2.22. The molecule has 0 fully saturated rings. The largest absolute Gasteiger partial charge is 0.333 e. The molecule has 10 heteroatoms. The fourth-order valence-corrected chi connectivity index (χ4v) is 4.87. The lowest BCUT2D eigenvalue weighted by Crippen LogP contribution is -2.34. The molecule has 3 rings (SSSR count). The number of amides is 2. The Labute approximate surface area is 175 Å².